The van der Waals surface area contributed by atoms with E-state index >= 15 is 0 Å². The lowest BCUT2D eigenvalue weighted by Crippen LogP contribution is -1.75. The molecule has 4 heterocycles. The summed E-state index contributed by atoms with van der Waals surface area (Å²) >= 11 is 0. The van der Waals surface area contributed by atoms with Crippen molar-refractivity contribution in [3.63, 3.8) is 0 Å². The molecule has 0 fully saturated rings. The third kappa shape index (κ3) is 7.83. The number of nitrogens with zero attached hydrogens (tertiary/aromatic N) is 4. The topological polar surface area (TPSA) is 50.5 Å². The minimum atomic E-state index is 0. The molecule has 5 aromatic rings. The van der Waals surface area contributed by atoms with Gasteiger partial charge in [-0.25, -0.2) is 0 Å². The Bertz CT molecular complexity index is 1210. The minimum Gasteiger partial charge on any atom is -0.265 e. The van der Waals surface area contributed by atoms with Crippen molar-refractivity contribution in [1.82, 2.24) is 9.97 Å². The molecule has 0 atom stereocenters. The van der Waals surface area contributed by atoms with Gasteiger partial charge in [-0.3, -0.25) is 20.0 Å². The average molecular weight is 459 g/mol. The maximum Gasteiger partial charge on any atom is 0.0661 e. The molecule has 7 rings (SSSR count). The van der Waals surface area contributed by atoms with Gasteiger partial charge in [-0.1, -0.05) is 74.2 Å². The van der Waals surface area contributed by atoms with Gasteiger partial charge in [-0.15, -0.1) is 0 Å². The van der Waals surface area contributed by atoms with E-state index in [0.29, 0.717) is 0 Å². The first-order valence-corrected chi connectivity index (χ1v) is 11.2. The van der Waals surface area contributed by atoms with Gasteiger partial charge < -0.3 is 0 Å². The van der Waals surface area contributed by atoms with Crippen molar-refractivity contribution in [1.29, 1.82) is 0 Å². The zero-order valence-corrected chi connectivity index (χ0v) is 18.9. The number of aromatic nitrogens is 2. The summed E-state index contributed by atoms with van der Waals surface area (Å²) in [5.41, 5.74) is 4.96. The zero-order chi connectivity index (χ0) is 23.3. The summed E-state index contributed by atoms with van der Waals surface area (Å²) in [6.07, 6.45) is 13.1. The fraction of sp³-hybridized carbons (Fsp3) is 0.0968. The van der Waals surface area contributed by atoms with E-state index in [1.54, 1.807) is 12.4 Å². The third-order valence-corrected chi connectivity index (χ3v) is 5.18. The van der Waals surface area contributed by atoms with Crippen LogP contribution in [-0.4, -0.2) is 22.4 Å². The van der Waals surface area contributed by atoms with E-state index in [1.165, 1.54) is 21.9 Å². The summed E-state index contributed by atoms with van der Waals surface area (Å²) in [7, 11) is 0. The normalized spacial score (nSPS) is 11.3. The summed E-state index contributed by atoms with van der Waals surface area (Å²) in [5, 5.41) is 2.45. The van der Waals surface area contributed by atoms with Crippen LogP contribution in [0, 0.1) is 0 Å². The first-order valence-electron chi connectivity index (χ1n) is 11.2. The highest BCUT2D eigenvalue weighted by atomic mass is 14.7. The van der Waals surface area contributed by atoms with Crippen molar-refractivity contribution in [2.24, 2.45) is 9.98 Å². The number of pyridine rings is 2. The molecule has 35 heavy (non-hydrogen) atoms. The van der Waals surface area contributed by atoms with Gasteiger partial charge in [0.1, 0.15) is 0 Å². The van der Waals surface area contributed by atoms with Crippen LogP contribution in [0.3, 0.4) is 0 Å². The fourth-order valence-corrected chi connectivity index (χ4v) is 3.44. The molecule has 0 amide bonds. The molecule has 0 radical (unpaired) electrons. The summed E-state index contributed by atoms with van der Waals surface area (Å²) in [6, 6.07) is 32.3. The molecule has 0 N–H and O–H groups in total. The number of hydrogen-bond donors (Lipinski definition) is 0. The minimum absolute atomic E-state index is 0. The second kappa shape index (κ2) is 14.0. The molecule has 4 nitrogen and oxygen atoms in total. The van der Waals surface area contributed by atoms with E-state index < -0.39 is 0 Å². The Kier molecular flexibility index (Phi) is 10.0. The van der Waals surface area contributed by atoms with E-state index in [1.807, 2.05) is 97.6 Å². The summed E-state index contributed by atoms with van der Waals surface area (Å²) in [6.45, 7) is 0. The van der Waals surface area contributed by atoms with Gasteiger partial charge in [0.05, 0.1) is 11.4 Å². The summed E-state index contributed by atoms with van der Waals surface area (Å²) in [5.74, 6) is 0. The van der Waals surface area contributed by atoms with Crippen molar-refractivity contribution < 1.29 is 0 Å². The number of rotatable bonds is 0. The number of para-hydroxylation sites is 2. The van der Waals surface area contributed by atoms with Gasteiger partial charge in [0.15, 0.2) is 0 Å². The molecule has 2 aliphatic heterocycles. The third-order valence-electron chi connectivity index (χ3n) is 5.18. The Morgan fingerprint density at radius 3 is 1.49 bits per heavy atom. The highest BCUT2D eigenvalue weighted by Crippen LogP contribution is 2.23. The van der Waals surface area contributed by atoms with Crippen molar-refractivity contribution in [3.05, 3.63) is 133 Å². The first kappa shape index (κ1) is 25.2. The van der Waals surface area contributed by atoms with Gasteiger partial charge in [-0.05, 0) is 52.2 Å². The lowest BCUT2D eigenvalue weighted by molar-refractivity contribution is 1.33. The molecule has 0 bridgehead atoms. The number of benzene rings is 3. The SMILES string of the molecule is C.C1=Nc2ccccc2C1.C1=Nc2ccccc2C1.c1ccc2cnccc2c1.c1ccncc1. The van der Waals surface area contributed by atoms with Crippen LogP contribution >= 0.6 is 0 Å². The van der Waals surface area contributed by atoms with Crippen LogP contribution in [0.25, 0.3) is 10.8 Å². The molecular formula is C31H30N4. The van der Waals surface area contributed by atoms with E-state index in [4.69, 9.17) is 0 Å². The van der Waals surface area contributed by atoms with E-state index in [0.717, 1.165) is 24.2 Å². The Labute approximate surface area is 207 Å². The van der Waals surface area contributed by atoms with Gasteiger partial charge >= 0.3 is 0 Å². The maximum absolute atomic E-state index is 4.17. The van der Waals surface area contributed by atoms with Crippen LogP contribution in [0.5, 0.6) is 0 Å². The predicted molar refractivity (Wildman–Crippen MR) is 149 cm³/mol. The van der Waals surface area contributed by atoms with Gasteiger partial charge in [0.2, 0.25) is 0 Å². The van der Waals surface area contributed by atoms with Crippen molar-refractivity contribution in [2.75, 3.05) is 0 Å². The molecule has 0 saturated carbocycles. The van der Waals surface area contributed by atoms with Gasteiger partial charge in [0.25, 0.3) is 0 Å². The Balaban J connectivity index is 0.000000131. The zero-order valence-electron chi connectivity index (χ0n) is 18.9. The van der Waals surface area contributed by atoms with Crippen LogP contribution in [0.1, 0.15) is 18.6 Å². The van der Waals surface area contributed by atoms with Crippen LogP contribution in [0.2, 0.25) is 0 Å². The maximum atomic E-state index is 4.17. The fourth-order valence-electron chi connectivity index (χ4n) is 3.44. The Morgan fingerprint density at radius 2 is 1.00 bits per heavy atom. The number of fused-ring (bicyclic) bond motifs is 3. The second-order valence-corrected chi connectivity index (χ2v) is 7.54. The number of hydrogen-bond acceptors (Lipinski definition) is 4. The van der Waals surface area contributed by atoms with Gasteiger partial charge in [-0.2, -0.15) is 0 Å². The Morgan fingerprint density at radius 1 is 0.457 bits per heavy atom. The number of aliphatic imine (C=N–C) groups is 2. The highest BCUT2D eigenvalue weighted by Gasteiger charge is 2.02. The molecule has 4 heteroatoms. The molecule has 174 valence electrons. The van der Waals surface area contributed by atoms with E-state index in [2.05, 4.69) is 44.2 Å². The molecule has 0 aliphatic carbocycles. The molecule has 2 aliphatic rings. The molecule has 0 saturated heterocycles. The molecule has 3 aromatic carbocycles. The lowest BCUT2D eigenvalue weighted by Gasteiger charge is -1.91. The monoisotopic (exact) mass is 458 g/mol. The van der Waals surface area contributed by atoms with Crippen LogP contribution in [-0.2, 0) is 12.8 Å². The lowest BCUT2D eigenvalue weighted by atomic mass is 10.2. The van der Waals surface area contributed by atoms with Crippen molar-refractivity contribution >= 4 is 34.6 Å². The van der Waals surface area contributed by atoms with Crippen molar-refractivity contribution in [3.8, 4) is 0 Å². The van der Waals surface area contributed by atoms with E-state index in [9.17, 15) is 0 Å². The smallest absolute Gasteiger partial charge is 0.0661 e. The molecule has 0 unspecified atom stereocenters. The molecular weight excluding hydrogens is 428 g/mol. The largest absolute Gasteiger partial charge is 0.265 e. The van der Waals surface area contributed by atoms with Crippen LogP contribution < -0.4 is 0 Å². The highest BCUT2D eigenvalue weighted by molar-refractivity contribution is 5.81. The molecule has 2 aromatic heterocycles. The van der Waals surface area contributed by atoms with Crippen LogP contribution in [0.15, 0.2) is 132 Å². The average Bonchev–Trinajstić information content (AvgIpc) is 3.61. The van der Waals surface area contributed by atoms with Crippen molar-refractivity contribution in [2.45, 2.75) is 20.3 Å². The van der Waals surface area contributed by atoms with Gasteiger partial charge in [0, 0.05) is 50.1 Å². The second-order valence-electron chi connectivity index (χ2n) is 7.54. The summed E-state index contributed by atoms with van der Waals surface area (Å²) in [4.78, 5) is 16.1. The predicted octanol–water partition coefficient (Wildman–Crippen LogP) is 7.84. The molecule has 0 spiro atoms. The van der Waals surface area contributed by atoms with Crippen LogP contribution in [0.4, 0.5) is 11.4 Å². The quantitative estimate of drug-likeness (QED) is 0.237. The first-order chi connectivity index (χ1) is 16.9. The summed E-state index contributed by atoms with van der Waals surface area (Å²) < 4.78 is 0. The van der Waals surface area contributed by atoms with E-state index in [-0.39, 0.29) is 7.43 Å². The standard InChI is InChI=1S/C9H7N.2C8H7N.C5H5N.CH4/c1-2-4-9-7-10-6-5-8(9)3-1;2*1-2-4-8-7(3-1)5-6-9-8;1-2-4-6-5-3-1;/h1-7H;2*1-4,6H,5H2;1-5H;1H4. The Hall–Kier alpha value is -4.44.